The van der Waals surface area contributed by atoms with Gasteiger partial charge in [-0.3, -0.25) is 4.79 Å². The summed E-state index contributed by atoms with van der Waals surface area (Å²) >= 11 is 0. The number of carbonyl (C=O) groups excluding carboxylic acids is 1. The van der Waals surface area contributed by atoms with E-state index in [1.54, 1.807) is 0 Å². The Labute approximate surface area is 150 Å². The van der Waals surface area contributed by atoms with Gasteiger partial charge in [-0.25, -0.2) is 0 Å². The molecule has 1 heterocycles. The van der Waals surface area contributed by atoms with Crippen LogP contribution in [0.2, 0.25) is 0 Å². The lowest BCUT2D eigenvalue weighted by Gasteiger charge is -2.10. The summed E-state index contributed by atoms with van der Waals surface area (Å²) in [5, 5.41) is 3.18. The molecule has 142 valence electrons. The Kier molecular flexibility index (Phi) is 14.3. The molecule has 0 aromatic rings. The molecule has 0 radical (unpaired) electrons. The van der Waals surface area contributed by atoms with Gasteiger partial charge in [0.25, 0.3) is 0 Å². The van der Waals surface area contributed by atoms with Crippen LogP contribution in [0.1, 0.15) is 110 Å². The van der Waals surface area contributed by atoms with E-state index in [4.69, 9.17) is 4.74 Å². The number of esters is 1. The molecule has 0 bridgehead atoms. The number of nitrogens with one attached hydrogen (secondary N) is 1. The molecule has 24 heavy (non-hydrogen) atoms. The Morgan fingerprint density at radius 2 is 1.33 bits per heavy atom. The van der Waals surface area contributed by atoms with E-state index < -0.39 is 0 Å². The predicted molar refractivity (Wildman–Crippen MR) is 102 cm³/mol. The standard InChI is InChI=1S/C21H41NO2/c1-2-3-4-5-6-7-8-9-10-11-12-13-14-15-19-24-21(23)20-17-16-18-22-20/h20,22H,2-19H2,1H3/t20-/m0/s1. The average molecular weight is 340 g/mol. The SMILES string of the molecule is CCCCCCCCCCCCCCCCOC(=O)[C@@H]1CCCN1. The molecule has 1 atom stereocenters. The van der Waals surface area contributed by atoms with E-state index in [1.807, 2.05) is 0 Å². The van der Waals surface area contributed by atoms with Crippen molar-refractivity contribution in [2.75, 3.05) is 13.2 Å². The maximum Gasteiger partial charge on any atom is 0.323 e. The molecule has 3 nitrogen and oxygen atoms in total. The molecular formula is C21H41NO2. The van der Waals surface area contributed by atoms with Gasteiger partial charge in [-0.1, -0.05) is 90.4 Å². The minimum absolute atomic E-state index is 0.0309. The highest BCUT2D eigenvalue weighted by Gasteiger charge is 2.22. The third-order valence-electron chi connectivity index (χ3n) is 5.09. The second-order valence-electron chi connectivity index (χ2n) is 7.41. The third kappa shape index (κ3) is 11.9. The van der Waals surface area contributed by atoms with Gasteiger partial charge in [-0.15, -0.1) is 0 Å². The molecule has 3 heteroatoms. The van der Waals surface area contributed by atoms with Crippen LogP contribution in [0.5, 0.6) is 0 Å². The van der Waals surface area contributed by atoms with Gasteiger partial charge in [0.2, 0.25) is 0 Å². The minimum atomic E-state index is -0.0396. The first kappa shape index (κ1) is 21.5. The largest absolute Gasteiger partial charge is 0.465 e. The Morgan fingerprint density at radius 1 is 0.833 bits per heavy atom. The Bertz CT molecular complexity index is 288. The summed E-state index contributed by atoms with van der Waals surface area (Å²) in [6.07, 6.45) is 21.0. The molecule has 1 saturated heterocycles. The molecule has 0 aromatic carbocycles. The summed E-state index contributed by atoms with van der Waals surface area (Å²) in [4.78, 5) is 11.7. The maximum atomic E-state index is 11.7. The van der Waals surface area contributed by atoms with E-state index in [-0.39, 0.29) is 12.0 Å². The number of rotatable bonds is 16. The molecule has 0 aliphatic carbocycles. The Hall–Kier alpha value is -0.570. The highest BCUT2D eigenvalue weighted by Crippen LogP contribution is 2.13. The molecule has 0 amide bonds. The van der Waals surface area contributed by atoms with Gasteiger partial charge in [0.15, 0.2) is 0 Å². The number of hydrogen-bond donors (Lipinski definition) is 1. The Morgan fingerprint density at radius 3 is 1.79 bits per heavy atom. The fourth-order valence-electron chi connectivity index (χ4n) is 3.46. The second-order valence-corrected chi connectivity index (χ2v) is 7.41. The lowest BCUT2D eigenvalue weighted by Crippen LogP contribution is -2.32. The van der Waals surface area contributed by atoms with E-state index in [1.165, 1.54) is 83.5 Å². The van der Waals surface area contributed by atoms with Crippen molar-refractivity contribution in [1.82, 2.24) is 5.32 Å². The van der Waals surface area contributed by atoms with Crippen molar-refractivity contribution in [2.24, 2.45) is 0 Å². The maximum absolute atomic E-state index is 11.7. The van der Waals surface area contributed by atoms with Crippen molar-refractivity contribution < 1.29 is 9.53 Å². The van der Waals surface area contributed by atoms with Crippen LogP contribution >= 0.6 is 0 Å². The fraction of sp³-hybridized carbons (Fsp3) is 0.952. The van der Waals surface area contributed by atoms with Crippen LogP contribution in [-0.4, -0.2) is 25.2 Å². The zero-order valence-electron chi connectivity index (χ0n) is 16.1. The molecule has 1 aliphatic rings. The molecule has 0 unspecified atom stereocenters. The topological polar surface area (TPSA) is 38.3 Å². The van der Waals surface area contributed by atoms with Gasteiger partial charge >= 0.3 is 5.97 Å². The van der Waals surface area contributed by atoms with Crippen LogP contribution < -0.4 is 5.32 Å². The monoisotopic (exact) mass is 339 g/mol. The van der Waals surface area contributed by atoms with Gasteiger partial charge in [-0.05, 0) is 25.8 Å². The zero-order valence-corrected chi connectivity index (χ0v) is 16.1. The molecule has 0 spiro atoms. The van der Waals surface area contributed by atoms with E-state index in [2.05, 4.69) is 12.2 Å². The number of ether oxygens (including phenoxy) is 1. The molecule has 1 rings (SSSR count). The first-order valence-electron chi connectivity index (χ1n) is 10.7. The summed E-state index contributed by atoms with van der Waals surface area (Å²) in [6, 6.07) is -0.0309. The first-order chi connectivity index (χ1) is 11.8. The average Bonchev–Trinajstić information content (AvgIpc) is 3.13. The zero-order chi connectivity index (χ0) is 17.3. The van der Waals surface area contributed by atoms with Gasteiger partial charge in [0, 0.05) is 0 Å². The van der Waals surface area contributed by atoms with Crippen molar-refractivity contribution in [2.45, 2.75) is 116 Å². The summed E-state index contributed by atoms with van der Waals surface area (Å²) in [6.45, 7) is 3.84. The van der Waals surface area contributed by atoms with Crippen molar-refractivity contribution in [1.29, 1.82) is 0 Å². The minimum Gasteiger partial charge on any atom is -0.465 e. The van der Waals surface area contributed by atoms with Crippen LogP contribution in [0.25, 0.3) is 0 Å². The normalized spacial score (nSPS) is 17.3. The molecule has 0 aromatic heterocycles. The number of carbonyl (C=O) groups is 1. The number of unbranched alkanes of at least 4 members (excludes halogenated alkanes) is 13. The molecule has 1 fully saturated rings. The van der Waals surface area contributed by atoms with Gasteiger partial charge in [0.05, 0.1) is 6.61 Å². The van der Waals surface area contributed by atoms with Gasteiger partial charge < -0.3 is 10.1 Å². The van der Waals surface area contributed by atoms with Crippen molar-refractivity contribution in [3.8, 4) is 0 Å². The summed E-state index contributed by atoms with van der Waals surface area (Å²) in [7, 11) is 0. The smallest absolute Gasteiger partial charge is 0.323 e. The molecular weight excluding hydrogens is 298 g/mol. The van der Waals surface area contributed by atoms with E-state index in [0.29, 0.717) is 6.61 Å². The van der Waals surface area contributed by atoms with Gasteiger partial charge in [0.1, 0.15) is 6.04 Å². The lowest BCUT2D eigenvalue weighted by molar-refractivity contribution is -0.145. The van der Waals surface area contributed by atoms with Crippen LogP contribution in [0, 0.1) is 0 Å². The second kappa shape index (κ2) is 15.9. The summed E-state index contributed by atoms with van der Waals surface area (Å²) in [5.41, 5.74) is 0. The predicted octanol–water partition coefficient (Wildman–Crippen LogP) is 5.76. The fourth-order valence-corrected chi connectivity index (χ4v) is 3.46. The van der Waals surface area contributed by atoms with Crippen LogP contribution in [0.15, 0.2) is 0 Å². The summed E-state index contributed by atoms with van der Waals surface area (Å²) < 4.78 is 5.33. The van der Waals surface area contributed by atoms with Crippen LogP contribution in [0.4, 0.5) is 0 Å². The van der Waals surface area contributed by atoms with E-state index in [0.717, 1.165) is 25.8 Å². The first-order valence-corrected chi connectivity index (χ1v) is 10.7. The van der Waals surface area contributed by atoms with Crippen molar-refractivity contribution in [3.63, 3.8) is 0 Å². The molecule has 1 N–H and O–H groups in total. The van der Waals surface area contributed by atoms with Gasteiger partial charge in [-0.2, -0.15) is 0 Å². The molecule has 0 saturated carbocycles. The third-order valence-corrected chi connectivity index (χ3v) is 5.09. The number of hydrogen-bond acceptors (Lipinski definition) is 3. The quantitative estimate of drug-likeness (QED) is 0.287. The summed E-state index contributed by atoms with van der Waals surface area (Å²) in [5.74, 6) is -0.0396. The lowest BCUT2D eigenvalue weighted by atomic mass is 10.0. The van der Waals surface area contributed by atoms with Crippen LogP contribution in [0.3, 0.4) is 0 Å². The Balaban J connectivity index is 1.71. The van der Waals surface area contributed by atoms with E-state index in [9.17, 15) is 4.79 Å². The molecule has 1 aliphatic heterocycles. The highest BCUT2D eigenvalue weighted by atomic mass is 16.5. The van der Waals surface area contributed by atoms with Crippen molar-refractivity contribution >= 4 is 5.97 Å². The highest BCUT2D eigenvalue weighted by molar-refractivity contribution is 5.76. The van der Waals surface area contributed by atoms with Crippen LogP contribution in [-0.2, 0) is 9.53 Å². The van der Waals surface area contributed by atoms with Crippen molar-refractivity contribution in [3.05, 3.63) is 0 Å². The van der Waals surface area contributed by atoms with E-state index >= 15 is 0 Å².